The number of pyridine rings is 1. The average molecular weight is 526 g/mol. The van der Waals surface area contributed by atoms with E-state index in [9.17, 15) is 10.1 Å². The van der Waals surface area contributed by atoms with E-state index in [0.717, 1.165) is 35.8 Å². The van der Waals surface area contributed by atoms with Gasteiger partial charge in [0.15, 0.2) is 11.5 Å². The zero-order valence-corrected chi connectivity index (χ0v) is 23.2. The van der Waals surface area contributed by atoms with Crippen LogP contribution in [0.3, 0.4) is 0 Å². The highest BCUT2D eigenvalue weighted by molar-refractivity contribution is 7.16. The Bertz CT molecular complexity index is 1580. The molecule has 0 spiro atoms. The number of nitriles is 1. The number of aromatic nitrogens is 1. The Balaban J connectivity index is 1.54. The lowest BCUT2D eigenvalue weighted by Crippen LogP contribution is -2.26. The minimum Gasteiger partial charge on any atom is -0.493 e. The van der Waals surface area contributed by atoms with Gasteiger partial charge in [-0.05, 0) is 66.5 Å². The summed E-state index contributed by atoms with van der Waals surface area (Å²) in [4.78, 5) is 19.8. The van der Waals surface area contributed by atoms with Crippen LogP contribution in [0, 0.1) is 22.7 Å². The molecule has 0 saturated heterocycles. The second kappa shape index (κ2) is 10.1. The molecule has 0 fully saturated rings. The number of para-hydroxylation sites is 1. The number of methoxy groups -OCH3 is 2. The van der Waals surface area contributed by atoms with E-state index in [1.165, 1.54) is 4.88 Å². The lowest BCUT2D eigenvalue weighted by molar-refractivity contribution is 0.102. The van der Waals surface area contributed by atoms with E-state index in [0.29, 0.717) is 44.8 Å². The summed E-state index contributed by atoms with van der Waals surface area (Å²) in [6.45, 7) is 6.82. The number of amides is 1. The molecule has 0 saturated carbocycles. The van der Waals surface area contributed by atoms with Crippen LogP contribution >= 0.6 is 11.3 Å². The fourth-order valence-electron chi connectivity index (χ4n) is 5.21. The van der Waals surface area contributed by atoms with E-state index in [4.69, 9.17) is 14.5 Å². The van der Waals surface area contributed by atoms with Crippen molar-refractivity contribution < 1.29 is 14.3 Å². The average Bonchev–Trinajstić information content (AvgIpc) is 3.27. The summed E-state index contributed by atoms with van der Waals surface area (Å²) in [5, 5.41) is 14.5. The number of thiophene rings is 1. The molecule has 38 heavy (non-hydrogen) atoms. The Hall–Kier alpha value is -3.89. The maximum absolute atomic E-state index is 13.8. The van der Waals surface area contributed by atoms with Gasteiger partial charge in [-0.2, -0.15) is 5.26 Å². The van der Waals surface area contributed by atoms with Gasteiger partial charge in [-0.15, -0.1) is 11.3 Å². The minimum absolute atomic E-state index is 0.203. The van der Waals surface area contributed by atoms with Crippen molar-refractivity contribution in [1.82, 2.24) is 4.98 Å². The number of hydrogen-bond donors (Lipinski definition) is 1. The third-order valence-electron chi connectivity index (χ3n) is 7.47. The third-order valence-corrected chi connectivity index (χ3v) is 8.64. The number of benzene rings is 2. The number of anilines is 1. The van der Waals surface area contributed by atoms with Crippen LogP contribution in [0.15, 0.2) is 48.5 Å². The molecule has 1 unspecified atom stereocenters. The van der Waals surface area contributed by atoms with Crippen LogP contribution in [0.2, 0.25) is 0 Å². The van der Waals surface area contributed by atoms with Gasteiger partial charge >= 0.3 is 0 Å². The number of carbonyl (C=O) groups excluding carboxylic acids is 1. The highest BCUT2D eigenvalue weighted by Gasteiger charge is 2.32. The van der Waals surface area contributed by atoms with E-state index < -0.39 is 0 Å². The molecule has 2 aromatic carbocycles. The standard InChI is InChI=1S/C31H31N3O3S/c1-31(2,3)19-11-12-21-23(17-32)30(38-28(21)15-19)34-29(35)22-16-25(33-24-9-7-6-8-20(22)24)18-10-13-26(36-4)27(14-18)37-5/h6-10,13-14,16,19H,11-12,15H2,1-5H3,(H,34,35). The van der Waals surface area contributed by atoms with Crippen LogP contribution in [0.4, 0.5) is 5.00 Å². The van der Waals surface area contributed by atoms with Gasteiger partial charge in [0.25, 0.3) is 5.91 Å². The predicted octanol–water partition coefficient (Wildman–Crippen LogP) is 7.26. The molecule has 6 nitrogen and oxygen atoms in total. The molecule has 2 aromatic heterocycles. The number of carbonyl (C=O) groups is 1. The van der Waals surface area contributed by atoms with Crippen molar-refractivity contribution in [3.05, 3.63) is 70.1 Å². The van der Waals surface area contributed by atoms with Crippen molar-refractivity contribution in [2.24, 2.45) is 11.3 Å². The Morgan fingerprint density at radius 3 is 2.58 bits per heavy atom. The van der Waals surface area contributed by atoms with Gasteiger partial charge in [0.05, 0.1) is 36.6 Å². The maximum atomic E-state index is 13.8. The monoisotopic (exact) mass is 525 g/mol. The molecular weight excluding hydrogens is 494 g/mol. The van der Waals surface area contributed by atoms with Crippen LogP contribution in [0.25, 0.3) is 22.2 Å². The van der Waals surface area contributed by atoms with Crippen LogP contribution in [0.5, 0.6) is 11.5 Å². The summed E-state index contributed by atoms with van der Waals surface area (Å²) in [5.74, 6) is 1.50. The number of ether oxygens (including phenoxy) is 2. The SMILES string of the molecule is COc1ccc(-c2cc(C(=O)Nc3sc4c(c3C#N)CCC(C(C)(C)C)C4)c3ccccc3n2)cc1OC. The fraction of sp³-hybridized carbons (Fsp3) is 0.323. The molecular formula is C31H31N3O3S. The maximum Gasteiger partial charge on any atom is 0.257 e. The fourth-order valence-corrected chi connectivity index (χ4v) is 6.48. The first-order valence-corrected chi connectivity index (χ1v) is 13.5. The van der Waals surface area contributed by atoms with Crippen LogP contribution in [0.1, 0.15) is 53.6 Å². The van der Waals surface area contributed by atoms with Gasteiger partial charge in [0, 0.05) is 15.8 Å². The van der Waals surface area contributed by atoms with E-state index in [1.54, 1.807) is 31.6 Å². The van der Waals surface area contributed by atoms with Crippen LogP contribution in [-0.4, -0.2) is 25.1 Å². The number of fused-ring (bicyclic) bond motifs is 2. The first-order chi connectivity index (χ1) is 18.2. The molecule has 1 amide bonds. The summed E-state index contributed by atoms with van der Waals surface area (Å²) in [7, 11) is 3.18. The van der Waals surface area contributed by atoms with Gasteiger partial charge in [-0.25, -0.2) is 4.98 Å². The molecule has 194 valence electrons. The Labute approximate surface area is 227 Å². The molecule has 7 heteroatoms. The van der Waals surface area contributed by atoms with E-state index in [2.05, 4.69) is 32.2 Å². The summed E-state index contributed by atoms with van der Waals surface area (Å²) in [6.07, 6.45) is 2.86. The van der Waals surface area contributed by atoms with Crippen LogP contribution < -0.4 is 14.8 Å². The van der Waals surface area contributed by atoms with Gasteiger partial charge in [-0.1, -0.05) is 39.0 Å². The van der Waals surface area contributed by atoms with Gasteiger partial charge in [0.1, 0.15) is 11.1 Å². The molecule has 1 atom stereocenters. The second-order valence-corrected chi connectivity index (χ2v) is 11.8. The largest absolute Gasteiger partial charge is 0.493 e. The molecule has 1 aliphatic rings. The Morgan fingerprint density at radius 1 is 1.11 bits per heavy atom. The minimum atomic E-state index is -0.257. The first kappa shape index (κ1) is 25.7. The normalized spacial score (nSPS) is 15.0. The molecule has 5 rings (SSSR count). The lowest BCUT2D eigenvalue weighted by atomic mass is 9.72. The number of hydrogen-bond acceptors (Lipinski definition) is 6. The Kier molecular flexibility index (Phi) is 6.85. The predicted molar refractivity (Wildman–Crippen MR) is 152 cm³/mol. The molecule has 0 bridgehead atoms. The van der Waals surface area contributed by atoms with Crippen molar-refractivity contribution in [2.45, 2.75) is 40.0 Å². The van der Waals surface area contributed by atoms with Gasteiger partial charge in [0.2, 0.25) is 0 Å². The van der Waals surface area contributed by atoms with Crippen LogP contribution in [-0.2, 0) is 12.8 Å². The summed E-state index contributed by atoms with van der Waals surface area (Å²) in [5.41, 5.74) is 4.57. The quantitative estimate of drug-likeness (QED) is 0.297. The summed E-state index contributed by atoms with van der Waals surface area (Å²) >= 11 is 1.54. The third kappa shape index (κ3) is 4.72. The topological polar surface area (TPSA) is 84.2 Å². The molecule has 1 N–H and O–H groups in total. The number of nitrogens with zero attached hydrogens (tertiary/aromatic N) is 2. The van der Waals surface area contributed by atoms with Crippen molar-refractivity contribution in [2.75, 3.05) is 19.5 Å². The highest BCUT2D eigenvalue weighted by Crippen LogP contribution is 2.44. The van der Waals surface area contributed by atoms with Crippen molar-refractivity contribution in [1.29, 1.82) is 5.26 Å². The summed E-state index contributed by atoms with van der Waals surface area (Å²) in [6, 6.07) is 17.3. The molecule has 1 aliphatic carbocycles. The molecule has 0 aliphatic heterocycles. The highest BCUT2D eigenvalue weighted by atomic mass is 32.1. The Morgan fingerprint density at radius 2 is 1.87 bits per heavy atom. The number of rotatable bonds is 5. The zero-order chi connectivity index (χ0) is 27.0. The summed E-state index contributed by atoms with van der Waals surface area (Å²) < 4.78 is 10.8. The van der Waals surface area contributed by atoms with E-state index in [-0.39, 0.29) is 11.3 Å². The van der Waals surface area contributed by atoms with Crippen molar-refractivity contribution >= 4 is 33.1 Å². The van der Waals surface area contributed by atoms with Crippen molar-refractivity contribution in [3.8, 4) is 28.8 Å². The second-order valence-electron chi connectivity index (χ2n) is 10.7. The van der Waals surface area contributed by atoms with E-state index in [1.807, 2.05) is 42.5 Å². The molecule has 2 heterocycles. The van der Waals surface area contributed by atoms with E-state index >= 15 is 0 Å². The molecule has 4 aromatic rings. The van der Waals surface area contributed by atoms with Crippen molar-refractivity contribution in [3.63, 3.8) is 0 Å². The smallest absolute Gasteiger partial charge is 0.257 e. The lowest BCUT2D eigenvalue weighted by Gasteiger charge is -2.33. The zero-order valence-electron chi connectivity index (χ0n) is 22.3. The first-order valence-electron chi connectivity index (χ1n) is 12.7. The van der Waals surface area contributed by atoms with Gasteiger partial charge < -0.3 is 14.8 Å². The number of nitrogens with one attached hydrogen (secondary N) is 1. The molecule has 0 radical (unpaired) electrons. The van der Waals surface area contributed by atoms with Gasteiger partial charge in [-0.3, -0.25) is 4.79 Å².